The predicted octanol–water partition coefficient (Wildman–Crippen LogP) is 5.54. The summed E-state index contributed by atoms with van der Waals surface area (Å²) in [5.41, 5.74) is 2.89. The van der Waals surface area contributed by atoms with Crippen LogP contribution in [0.5, 0.6) is 5.75 Å². The molecule has 2 N–H and O–H groups in total. The van der Waals surface area contributed by atoms with Crippen molar-refractivity contribution in [3.63, 3.8) is 0 Å². The molecule has 3 aromatic heterocycles. The van der Waals surface area contributed by atoms with Gasteiger partial charge in [0, 0.05) is 24.6 Å². The number of imidazole rings is 1. The number of rotatable bonds is 4. The Balaban J connectivity index is 1.32. The van der Waals surface area contributed by atoms with Gasteiger partial charge in [0.15, 0.2) is 0 Å². The molecular formula is C22H20F3IN6O. The van der Waals surface area contributed by atoms with E-state index in [1.807, 2.05) is 6.92 Å². The predicted molar refractivity (Wildman–Crippen MR) is 126 cm³/mol. The topological polar surface area (TPSA) is 82.7 Å². The van der Waals surface area contributed by atoms with Crippen molar-refractivity contribution in [2.75, 3.05) is 18.0 Å². The molecule has 0 atom stereocenters. The Morgan fingerprint density at radius 3 is 2.67 bits per heavy atom. The van der Waals surface area contributed by atoms with Crippen molar-refractivity contribution >= 4 is 39.4 Å². The second-order valence-corrected chi connectivity index (χ2v) is 9.16. The van der Waals surface area contributed by atoms with E-state index in [2.05, 4.69) is 58.2 Å². The monoisotopic (exact) mass is 568 g/mol. The van der Waals surface area contributed by atoms with Crippen LogP contribution in [0.25, 0.3) is 22.3 Å². The number of hydrogen-bond acceptors (Lipinski definition) is 5. The largest absolute Gasteiger partial charge is 0.573 e. The molecule has 0 unspecified atom stereocenters. The summed E-state index contributed by atoms with van der Waals surface area (Å²) >= 11 is 2.23. The molecule has 0 saturated carbocycles. The van der Waals surface area contributed by atoms with Crippen LogP contribution < -0.4 is 9.64 Å². The maximum absolute atomic E-state index is 12.6. The molecule has 1 saturated heterocycles. The fourth-order valence-corrected chi connectivity index (χ4v) is 4.88. The molecule has 7 nitrogen and oxygen atoms in total. The number of alkyl halides is 3. The van der Waals surface area contributed by atoms with Crippen molar-refractivity contribution in [2.24, 2.45) is 0 Å². The van der Waals surface area contributed by atoms with E-state index < -0.39 is 6.36 Å². The molecule has 1 aromatic carbocycles. The minimum atomic E-state index is -4.73. The van der Waals surface area contributed by atoms with Crippen LogP contribution in [0, 0.1) is 10.6 Å². The number of H-pyrrole nitrogens is 2. The number of piperidine rings is 1. The number of nitrogens with zero attached hydrogens (tertiary/aromatic N) is 4. The number of aromatic amines is 2. The van der Waals surface area contributed by atoms with Crippen molar-refractivity contribution < 1.29 is 17.9 Å². The molecule has 0 radical (unpaired) electrons. The smallest absolute Gasteiger partial charge is 0.406 e. The Kier molecular flexibility index (Phi) is 5.67. The van der Waals surface area contributed by atoms with Crippen LogP contribution in [0.4, 0.5) is 19.0 Å². The van der Waals surface area contributed by atoms with Crippen molar-refractivity contribution in [1.29, 1.82) is 0 Å². The number of fused-ring (bicyclic) bond motifs is 1. The van der Waals surface area contributed by atoms with Gasteiger partial charge in [-0.3, -0.25) is 0 Å². The summed E-state index contributed by atoms with van der Waals surface area (Å²) in [6.45, 7) is 3.50. The number of benzene rings is 1. The lowest BCUT2D eigenvalue weighted by Crippen LogP contribution is -2.33. The van der Waals surface area contributed by atoms with E-state index >= 15 is 0 Å². The van der Waals surface area contributed by atoms with Crippen molar-refractivity contribution in [1.82, 2.24) is 24.9 Å². The van der Waals surface area contributed by atoms with E-state index in [9.17, 15) is 13.2 Å². The summed E-state index contributed by atoms with van der Waals surface area (Å²) in [7, 11) is 0. The maximum Gasteiger partial charge on any atom is 0.573 e. The van der Waals surface area contributed by atoms with E-state index in [0.29, 0.717) is 11.3 Å². The quantitative estimate of drug-likeness (QED) is 0.316. The lowest BCUT2D eigenvalue weighted by atomic mass is 9.96. The second kappa shape index (κ2) is 8.50. The summed E-state index contributed by atoms with van der Waals surface area (Å²) in [6.07, 6.45) is -1.38. The van der Waals surface area contributed by atoms with E-state index in [1.165, 1.54) is 12.1 Å². The first kappa shape index (κ1) is 22.0. The van der Waals surface area contributed by atoms with Crippen LogP contribution in [-0.2, 0) is 0 Å². The van der Waals surface area contributed by atoms with E-state index in [1.54, 1.807) is 18.5 Å². The summed E-state index contributed by atoms with van der Waals surface area (Å²) in [6, 6.07) is 8.00. The third-order valence-corrected chi connectivity index (χ3v) is 6.39. The number of hydrogen-bond donors (Lipinski definition) is 2. The summed E-state index contributed by atoms with van der Waals surface area (Å²) in [4.78, 5) is 22.4. The highest BCUT2D eigenvalue weighted by atomic mass is 127. The summed E-state index contributed by atoms with van der Waals surface area (Å²) in [5, 5.41) is 1.01. The standard InChI is InChI=1S/C22H20F3IN6O/c1-12-18(14-3-2-4-15(9-14)33-22(23,24)25)31-19(29-12)13-5-7-32(8-6-13)21-16-10-17(26)30-20(16)27-11-28-21/h2-4,9-11,13H,5-8H2,1H3,(H,29,31)(H,27,28,30). The molecule has 0 amide bonds. The van der Waals surface area contributed by atoms with Crippen molar-refractivity contribution in [3.05, 3.63) is 51.9 Å². The van der Waals surface area contributed by atoms with Gasteiger partial charge in [-0.15, -0.1) is 13.2 Å². The van der Waals surface area contributed by atoms with Crippen LogP contribution in [0.15, 0.2) is 36.7 Å². The zero-order valence-electron chi connectivity index (χ0n) is 17.6. The van der Waals surface area contributed by atoms with Gasteiger partial charge in [0.1, 0.15) is 29.4 Å². The van der Waals surface area contributed by atoms with E-state index in [0.717, 1.165) is 58.0 Å². The van der Waals surface area contributed by atoms with Crippen LogP contribution in [-0.4, -0.2) is 44.4 Å². The molecule has 172 valence electrons. The normalized spacial score (nSPS) is 15.4. The van der Waals surface area contributed by atoms with E-state index in [4.69, 9.17) is 4.98 Å². The molecule has 4 heterocycles. The van der Waals surface area contributed by atoms with Crippen LogP contribution in [0.2, 0.25) is 0 Å². The second-order valence-electron chi connectivity index (χ2n) is 8.00. The van der Waals surface area contributed by atoms with Crippen molar-refractivity contribution in [2.45, 2.75) is 32.0 Å². The number of aryl methyl sites for hydroxylation is 1. The first-order chi connectivity index (χ1) is 15.8. The lowest BCUT2D eigenvalue weighted by Gasteiger charge is -2.32. The summed E-state index contributed by atoms with van der Waals surface area (Å²) in [5.74, 6) is 1.76. The Bertz CT molecular complexity index is 1290. The number of aromatic nitrogens is 5. The fourth-order valence-electron chi connectivity index (χ4n) is 4.32. The number of halogens is 4. The number of ether oxygens (including phenoxy) is 1. The Morgan fingerprint density at radius 1 is 1.12 bits per heavy atom. The zero-order valence-corrected chi connectivity index (χ0v) is 19.7. The molecule has 1 aliphatic rings. The van der Waals surface area contributed by atoms with Gasteiger partial charge in [-0.2, -0.15) is 0 Å². The highest BCUT2D eigenvalue weighted by Crippen LogP contribution is 2.34. The molecule has 0 spiro atoms. The molecular weight excluding hydrogens is 548 g/mol. The van der Waals surface area contributed by atoms with Gasteiger partial charge in [-0.25, -0.2) is 15.0 Å². The number of anilines is 1. The third kappa shape index (κ3) is 4.63. The molecule has 1 aliphatic heterocycles. The van der Waals surface area contributed by atoms with Gasteiger partial charge < -0.3 is 19.6 Å². The SMILES string of the molecule is Cc1nc(C2CCN(c3ncnc4[nH]c(I)cc34)CC2)[nH]c1-c1cccc(OC(F)(F)F)c1. The van der Waals surface area contributed by atoms with Gasteiger partial charge in [0.05, 0.1) is 20.5 Å². The van der Waals surface area contributed by atoms with Crippen LogP contribution in [0.3, 0.4) is 0 Å². The van der Waals surface area contributed by atoms with Gasteiger partial charge in [0.2, 0.25) is 0 Å². The van der Waals surface area contributed by atoms with Gasteiger partial charge in [-0.1, -0.05) is 12.1 Å². The molecule has 4 aromatic rings. The third-order valence-electron chi connectivity index (χ3n) is 5.81. The molecule has 33 heavy (non-hydrogen) atoms. The van der Waals surface area contributed by atoms with Crippen molar-refractivity contribution in [3.8, 4) is 17.0 Å². The molecule has 0 aliphatic carbocycles. The van der Waals surface area contributed by atoms with Gasteiger partial charge >= 0.3 is 6.36 Å². The lowest BCUT2D eigenvalue weighted by molar-refractivity contribution is -0.274. The Labute approximate surface area is 200 Å². The first-order valence-electron chi connectivity index (χ1n) is 10.4. The maximum atomic E-state index is 12.6. The average molecular weight is 568 g/mol. The Hall–Kier alpha value is -2.83. The first-order valence-corrected chi connectivity index (χ1v) is 11.5. The highest BCUT2D eigenvalue weighted by molar-refractivity contribution is 14.1. The molecule has 1 fully saturated rings. The minimum Gasteiger partial charge on any atom is -0.406 e. The minimum absolute atomic E-state index is 0.229. The van der Waals surface area contributed by atoms with E-state index in [-0.39, 0.29) is 11.7 Å². The highest BCUT2D eigenvalue weighted by Gasteiger charge is 2.31. The van der Waals surface area contributed by atoms with Gasteiger partial charge in [0.25, 0.3) is 0 Å². The summed E-state index contributed by atoms with van der Waals surface area (Å²) < 4.78 is 42.8. The van der Waals surface area contributed by atoms with Crippen LogP contribution >= 0.6 is 22.6 Å². The molecule has 11 heteroatoms. The average Bonchev–Trinajstić information content (AvgIpc) is 3.34. The fraction of sp³-hybridized carbons (Fsp3) is 0.318. The zero-order chi connectivity index (χ0) is 23.2. The number of nitrogens with one attached hydrogen (secondary N) is 2. The molecule has 0 bridgehead atoms. The van der Waals surface area contributed by atoms with Gasteiger partial charge in [-0.05, 0) is 60.6 Å². The Morgan fingerprint density at radius 2 is 1.91 bits per heavy atom. The van der Waals surface area contributed by atoms with Crippen LogP contribution in [0.1, 0.15) is 30.3 Å². The molecule has 5 rings (SSSR count).